The maximum absolute atomic E-state index is 3.83. The van der Waals surface area contributed by atoms with Crippen LogP contribution in [0.3, 0.4) is 0 Å². The quantitative estimate of drug-likeness (QED) is 0.164. The predicted molar refractivity (Wildman–Crippen MR) is 286 cm³/mol. The fourth-order valence-electron chi connectivity index (χ4n) is 11.9. The van der Waals surface area contributed by atoms with Crippen LogP contribution in [0.1, 0.15) is 53.5 Å². The molecule has 4 aliphatic carbocycles. The van der Waals surface area contributed by atoms with E-state index in [2.05, 4.69) is 260 Å². The summed E-state index contributed by atoms with van der Waals surface area (Å²) in [6.07, 6.45) is 15.8. The van der Waals surface area contributed by atoms with Crippen LogP contribution in [0.25, 0.3) is 49.7 Å². The Hall–Kier alpha value is -8.20. The molecule has 0 aliphatic heterocycles. The molecule has 13 rings (SSSR count). The van der Waals surface area contributed by atoms with Crippen LogP contribution in [-0.2, 0) is 5.41 Å². The lowest BCUT2D eigenvalue weighted by Crippen LogP contribution is -2.28. The Morgan fingerprint density at radius 2 is 1.04 bits per heavy atom. The molecule has 68 heavy (non-hydrogen) atoms. The van der Waals surface area contributed by atoms with Crippen LogP contribution < -0.4 is 10.2 Å². The molecule has 2 nitrogen and oxygen atoms in total. The Morgan fingerprint density at radius 1 is 0.485 bits per heavy atom. The van der Waals surface area contributed by atoms with E-state index in [1.807, 2.05) is 0 Å². The van der Waals surface area contributed by atoms with Gasteiger partial charge in [0.15, 0.2) is 0 Å². The van der Waals surface area contributed by atoms with Crippen LogP contribution in [0.2, 0.25) is 0 Å². The Balaban J connectivity index is 0.879. The van der Waals surface area contributed by atoms with E-state index in [0.29, 0.717) is 11.8 Å². The minimum atomic E-state index is -0.342. The van der Waals surface area contributed by atoms with E-state index in [1.165, 1.54) is 83.1 Å². The van der Waals surface area contributed by atoms with Crippen molar-refractivity contribution >= 4 is 44.8 Å². The van der Waals surface area contributed by atoms with Crippen LogP contribution in [0, 0.1) is 5.92 Å². The third kappa shape index (κ3) is 6.47. The molecule has 3 unspecified atom stereocenters. The third-order valence-corrected chi connectivity index (χ3v) is 15.1. The van der Waals surface area contributed by atoms with E-state index >= 15 is 0 Å². The maximum atomic E-state index is 3.83. The molecule has 324 valence electrons. The Labute approximate surface area is 399 Å². The number of nitrogens with zero attached hydrogens (tertiary/aromatic N) is 1. The van der Waals surface area contributed by atoms with Gasteiger partial charge in [-0.3, -0.25) is 0 Å². The van der Waals surface area contributed by atoms with Crippen LogP contribution in [0.5, 0.6) is 0 Å². The highest BCUT2D eigenvalue weighted by atomic mass is 15.1. The summed E-state index contributed by atoms with van der Waals surface area (Å²) in [6.45, 7) is 2.31. The first kappa shape index (κ1) is 40.1. The Morgan fingerprint density at radius 3 is 1.75 bits per heavy atom. The van der Waals surface area contributed by atoms with Crippen LogP contribution >= 0.6 is 0 Å². The van der Waals surface area contributed by atoms with Crippen LogP contribution in [0.15, 0.2) is 248 Å². The first-order valence-electron chi connectivity index (χ1n) is 24.2. The number of anilines is 5. The summed E-state index contributed by atoms with van der Waals surface area (Å²) < 4.78 is 0. The summed E-state index contributed by atoms with van der Waals surface area (Å²) in [6, 6.07) is 76.6. The molecule has 0 saturated carbocycles. The smallest absolute Gasteiger partial charge is 0.0689 e. The standard InChI is InChI=1S/C66H50N2/c1-44-15-5-8-20-55(44)60-41-49-18-6-7-19-50(49)42-65(60)67-51-33-27-46(28-34-51)48-31-37-53(38-32-48)68(52-35-29-47(30-36-52)45-16-3-2-4-17-45)54-39-40-59-58-23-11-14-26-63(58)66(64(59)43-54)61-24-12-9-21-56(61)57-22-10-13-25-62(57)66/h2-12,14-24,26-44,55,67H,13,25H2,1H3. The monoisotopic (exact) mass is 870 g/mol. The van der Waals surface area contributed by atoms with E-state index in [9.17, 15) is 0 Å². The van der Waals surface area contributed by atoms with Gasteiger partial charge in [-0.1, -0.05) is 189 Å². The average molecular weight is 871 g/mol. The van der Waals surface area contributed by atoms with E-state index in [-0.39, 0.29) is 5.41 Å². The highest BCUT2D eigenvalue weighted by Gasteiger charge is 2.52. The molecule has 9 aromatic carbocycles. The number of fused-ring (bicyclic) bond motifs is 10. The minimum absolute atomic E-state index is 0.305. The first-order chi connectivity index (χ1) is 33.6. The second-order valence-corrected chi connectivity index (χ2v) is 18.8. The zero-order valence-corrected chi connectivity index (χ0v) is 38.1. The number of rotatable bonds is 8. The average Bonchev–Trinajstić information content (AvgIpc) is 3.87. The highest BCUT2D eigenvalue weighted by Crippen LogP contribution is 2.64. The van der Waals surface area contributed by atoms with Crippen molar-refractivity contribution in [1.29, 1.82) is 0 Å². The lowest BCUT2D eigenvalue weighted by atomic mass is 9.68. The summed E-state index contributed by atoms with van der Waals surface area (Å²) in [5, 5.41) is 6.33. The fraction of sp³-hybridized carbons (Fsp3) is 0.0909. The van der Waals surface area contributed by atoms with Gasteiger partial charge < -0.3 is 10.2 Å². The van der Waals surface area contributed by atoms with E-state index in [1.54, 1.807) is 0 Å². The number of hydrogen-bond acceptors (Lipinski definition) is 2. The van der Waals surface area contributed by atoms with Crippen LogP contribution in [-0.4, -0.2) is 0 Å². The molecular weight excluding hydrogens is 821 g/mol. The van der Waals surface area contributed by atoms with Gasteiger partial charge in [0.2, 0.25) is 0 Å². The van der Waals surface area contributed by atoms with Gasteiger partial charge in [-0.05, 0) is 163 Å². The number of hydrogen-bond donors (Lipinski definition) is 1. The maximum Gasteiger partial charge on any atom is 0.0689 e. The zero-order chi connectivity index (χ0) is 45.2. The van der Waals surface area contributed by atoms with Crippen molar-refractivity contribution in [3.05, 3.63) is 276 Å². The van der Waals surface area contributed by atoms with E-state index in [0.717, 1.165) is 41.3 Å². The molecule has 0 saturated heterocycles. The summed E-state index contributed by atoms with van der Waals surface area (Å²) in [4.78, 5) is 2.44. The molecule has 0 amide bonds. The van der Waals surface area contributed by atoms with Gasteiger partial charge in [0.05, 0.1) is 5.41 Å². The van der Waals surface area contributed by atoms with E-state index in [4.69, 9.17) is 0 Å². The van der Waals surface area contributed by atoms with Crippen molar-refractivity contribution in [3.63, 3.8) is 0 Å². The summed E-state index contributed by atoms with van der Waals surface area (Å²) in [5.74, 6) is 0.720. The molecular formula is C66H50N2. The molecule has 1 N–H and O–H groups in total. The molecule has 0 bridgehead atoms. The summed E-state index contributed by atoms with van der Waals surface area (Å²) in [5.41, 5.74) is 22.5. The predicted octanol–water partition coefficient (Wildman–Crippen LogP) is 17.7. The van der Waals surface area contributed by atoms with Crippen molar-refractivity contribution in [1.82, 2.24) is 0 Å². The lowest BCUT2D eigenvalue weighted by molar-refractivity contribution is 0.637. The van der Waals surface area contributed by atoms with Crippen molar-refractivity contribution in [2.75, 3.05) is 10.2 Å². The van der Waals surface area contributed by atoms with Gasteiger partial charge in [0.1, 0.15) is 0 Å². The Kier molecular flexibility index (Phi) is 9.61. The Bertz CT molecular complexity index is 3540. The molecule has 1 spiro atoms. The van der Waals surface area contributed by atoms with Gasteiger partial charge >= 0.3 is 0 Å². The third-order valence-electron chi connectivity index (χ3n) is 15.1. The van der Waals surface area contributed by atoms with Crippen LogP contribution in [0.4, 0.5) is 28.4 Å². The van der Waals surface area contributed by atoms with Gasteiger partial charge in [0, 0.05) is 34.4 Å². The van der Waals surface area contributed by atoms with Crippen molar-refractivity contribution in [2.24, 2.45) is 5.92 Å². The molecule has 0 heterocycles. The molecule has 9 aromatic rings. The number of nitrogens with one attached hydrogen (secondary N) is 1. The molecule has 0 radical (unpaired) electrons. The van der Waals surface area contributed by atoms with Crippen molar-refractivity contribution in [3.8, 4) is 33.4 Å². The van der Waals surface area contributed by atoms with Gasteiger partial charge in [-0.15, -0.1) is 0 Å². The highest BCUT2D eigenvalue weighted by molar-refractivity contribution is 5.98. The molecule has 4 aliphatic rings. The number of benzene rings is 9. The fourth-order valence-corrected chi connectivity index (χ4v) is 11.9. The number of allylic oxidation sites excluding steroid dienone is 8. The zero-order valence-electron chi connectivity index (χ0n) is 38.1. The molecule has 3 atom stereocenters. The van der Waals surface area contributed by atoms with Crippen molar-refractivity contribution in [2.45, 2.75) is 31.1 Å². The largest absolute Gasteiger partial charge is 0.355 e. The summed E-state index contributed by atoms with van der Waals surface area (Å²) in [7, 11) is 0. The second-order valence-electron chi connectivity index (χ2n) is 18.8. The minimum Gasteiger partial charge on any atom is -0.355 e. The first-order valence-corrected chi connectivity index (χ1v) is 24.2. The summed E-state index contributed by atoms with van der Waals surface area (Å²) >= 11 is 0. The second kappa shape index (κ2) is 16.3. The molecule has 2 heteroatoms. The topological polar surface area (TPSA) is 15.3 Å². The van der Waals surface area contributed by atoms with Gasteiger partial charge in [-0.2, -0.15) is 0 Å². The van der Waals surface area contributed by atoms with E-state index < -0.39 is 0 Å². The SMILES string of the molecule is CC1C=CC=CC1c1cc2ccccc2cc1Nc1ccc(-c2ccc(N(c3ccc(-c4ccccc4)cc3)c3ccc4c(c3)C3(C5=C(C=CCC5)c5ccccc53)c3ccccc3-4)cc2)cc1. The lowest BCUT2D eigenvalue weighted by Gasteiger charge is -2.34. The van der Waals surface area contributed by atoms with Gasteiger partial charge in [0.25, 0.3) is 0 Å². The normalized spacial score (nSPS) is 18.4. The molecule has 0 fully saturated rings. The van der Waals surface area contributed by atoms with Gasteiger partial charge in [-0.25, -0.2) is 0 Å². The van der Waals surface area contributed by atoms with Crippen molar-refractivity contribution < 1.29 is 0 Å². The molecule has 0 aromatic heterocycles.